The van der Waals surface area contributed by atoms with E-state index in [1.165, 1.54) is 33.5 Å². The van der Waals surface area contributed by atoms with Gasteiger partial charge in [-0.1, -0.05) is 12.1 Å². The number of allylic oxidation sites excluding steroid dienone is 2. The van der Waals surface area contributed by atoms with E-state index >= 15 is 0 Å². The van der Waals surface area contributed by atoms with E-state index in [1.54, 1.807) is 12.1 Å². The molecule has 2 heterocycles. The molecule has 2 aliphatic rings. The minimum atomic E-state index is -0.758. The van der Waals surface area contributed by atoms with Crippen molar-refractivity contribution in [1.82, 2.24) is 9.97 Å². The molecule has 0 saturated heterocycles. The summed E-state index contributed by atoms with van der Waals surface area (Å²) in [6.07, 6.45) is 0.596. The van der Waals surface area contributed by atoms with Crippen LogP contribution in [0.1, 0.15) is 41.4 Å². The Balaban J connectivity index is 1.64. The van der Waals surface area contributed by atoms with Crippen molar-refractivity contribution in [3.8, 4) is 17.2 Å². The van der Waals surface area contributed by atoms with Crippen molar-refractivity contribution in [2.75, 3.05) is 26.6 Å². The van der Waals surface area contributed by atoms with Crippen LogP contribution >= 0.6 is 0 Å². The predicted molar refractivity (Wildman–Crippen MR) is 130 cm³/mol. The van der Waals surface area contributed by atoms with Gasteiger partial charge in [-0.25, -0.2) is 9.18 Å². The number of halogens is 1. The minimum Gasteiger partial charge on any atom is -0.493 e. The van der Waals surface area contributed by atoms with E-state index < -0.39 is 23.0 Å². The molecule has 0 bridgehead atoms. The number of methoxy groups -OCH3 is 3. The van der Waals surface area contributed by atoms with Crippen LogP contribution in [-0.2, 0) is 4.79 Å². The fraction of sp³-hybridized carbons (Fsp3) is 0.269. The predicted octanol–water partition coefficient (Wildman–Crippen LogP) is 3.19. The molecule has 1 aliphatic heterocycles. The van der Waals surface area contributed by atoms with Crippen molar-refractivity contribution < 1.29 is 23.4 Å². The van der Waals surface area contributed by atoms with Crippen molar-refractivity contribution in [3.05, 3.63) is 91.0 Å². The van der Waals surface area contributed by atoms with Gasteiger partial charge in [0.25, 0.3) is 5.56 Å². The first-order valence-corrected chi connectivity index (χ1v) is 11.3. The van der Waals surface area contributed by atoms with Gasteiger partial charge < -0.3 is 19.5 Å². The van der Waals surface area contributed by atoms with Crippen LogP contribution in [0.25, 0.3) is 0 Å². The maximum absolute atomic E-state index is 13.7. The van der Waals surface area contributed by atoms with E-state index in [-0.39, 0.29) is 29.5 Å². The van der Waals surface area contributed by atoms with Crippen LogP contribution in [0.2, 0.25) is 0 Å². The SMILES string of the molecule is COc1cc([C@@H]2CC(=O)C3=C(C2)Nc2[nH]c(=O)[nH]c(=O)c2[C@@H]3c2ccc(F)cc2)cc(OC)c1OC. The van der Waals surface area contributed by atoms with Crippen molar-refractivity contribution in [3.63, 3.8) is 0 Å². The van der Waals surface area contributed by atoms with Gasteiger partial charge in [-0.2, -0.15) is 0 Å². The molecule has 0 fully saturated rings. The first-order chi connectivity index (χ1) is 17.3. The average Bonchev–Trinajstić information content (AvgIpc) is 2.86. The molecule has 9 nitrogen and oxygen atoms in total. The van der Waals surface area contributed by atoms with Gasteiger partial charge in [0.15, 0.2) is 17.3 Å². The number of H-pyrrole nitrogens is 2. The molecular formula is C26H24FN3O6. The fourth-order valence-corrected chi connectivity index (χ4v) is 5.11. The summed E-state index contributed by atoms with van der Waals surface area (Å²) in [5.74, 6) is 0.0245. The minimum absolute atomic E-state index is 0.159. The Bertz CT molecular complexity index is 1480. The molecule has 10 heteroatoms. The first-order valence-electron chi connectivity index (χ1n) is 11.3. The maximum atomic E-state index is 13.7. The number of carbonyl (C=O) groups excluding carboxylic acids is 1. The Morgan fingerprint density at radius 3 is 2.14 bits per heavy atom. The van der Waals surface area contributed by atoms with E-state index in [1.807, 2.05) is 12.1 Å². The second-order valence-corrected chi connectivity index (χ2v) is 8.69. The highest BCUT2D eigenvalue weighted by Crippen LogP contribution is 2.48. The Labute approximate surface area is 204 Å². The van der Waals surface area contributed by atoms with Gasteiger partial charge in [-0.3, -0.25) is 19.6 Å². The van der Waals surface area contributed by atoms with Crippen LogP contribution in [0.5, 0.6) is 17.2 Å². The molecule has 5 rings (SSSR count). The number of benzene rings is 2. The number of anilines is 1. The summed E-state index contributed by atoms with van der Waals surface area (Å²) in [5, 5.41) is 3.12. The van der Waals surface area contributed by atoms with Crippen LogP contribution in [-0.4, -0.2) is 37.1 Å². The number of carbonyl (C=O) groups is 1. The van der Waals surface area contributed by atoms with Gasteiger partial charge in [-0.15, -0.1) is 0 Å². The molecule has 36 heavy (non-hydrogen) atoms. The van der Waals surface area contributed by atoms with Gasteiger partial charge >= 0.3 is 5.69 Å². The standard InChI is InChI=1S/C26H24FN3O6/c1-34-18-10-14(11-19(35-2)23(18)36-3)13-8-16-21(17(31)9-13)20(12-4-6-15(27)7-5-12)22-24(28-16)29-26(33)30-25(22)32/h4-7,10-11,13,20H,8-9H2,1-3H3,(H3,28,29,30,32,33)/t13-,20+/m0/s1. The fourth-order valence-electron chi connectivity index (χ4n) is 5.11. The second kappa shape index (κ2) is 9.03. The lowest BCUT2D eigenvalue weighted by Gasteiger charge is -2.35. The summed E-state index contributed by atoms with van der Waals surface area (Å²) >= 11 is 0. The average molecular weight is 493 g/mol. The highest BCUT2D eigenvalue weighted by atomic mass is 19.1. The number of rotatable bonds is 5. The molecule has 186 valence electrons. The lowest BCUT2D eigenvalue weighted by Crippen LogP contribution is -2.37. The molecule has 3 aromatic rings. The molecule has 3 N–H and O–H groups in total. The number of Topliss-reactive ketones (excluding diaryl/α,β-unsaturated/α-hetero) is 1. The van der Waals surface area contributed by atoms with Gasteiger partial charge in [0.1, 0.15) is 11.6 Å². The Hall–Kier alpha value is -4.34. The summed E-state index contributed by atoms with van der Waals surface area (Å²) in [6.45, 7) is 0. The summed E-state index contributed by atoms with van der Waals surface area (Å²) in [7, 11) is 4.56. The molecule has 0 unspecified atom stereocenters. The molecule has 2 aromatic carbocycles. The van der Waals surface area contributed by atoms with E-state index in [0.29, 0.717) is 40.5 Å². The molecular weight excluding hydrogens is 469 g/mol. The van der Waals surface area contributed by atoms with Crippen LogP contribution in [0.4, 0.5) is 10.2 Å². The zero-order chi connectivity index (χ0) is 25.6. The summed E-state index contributed by atoms with van der Waals surface area (Å²) in [5.41, 5.74) is 1.33. The maximum Gasteiger partial charge on any atom is 0.327 e. The molecule has 0 radical (unpaired) electrons. The van der Waals surface area contributed by atoms with Gasteiger partial charge in [0, 0.05) is 23.6 Å². The van der Waals surface area contributed by atoms with Crippen LogP contribution < -0.4 is 30.8 Å². The highest BCUT2D eigenvalue weighted by Gasteiger charge is 2.40. The third-order valence-electron chi connectivity index (χ3n) is 6.70. The number of fused-ring (bicyclic) bond motifs is 1. The Kier molecular flexibility index (Phi) is 5.87. The van der Waals surface area contributed by atoms with Crippen LogP contribution in [0, 0.1) is 5.82 Å². The number of aromatic amines is 2. The molecule has 0 saturated carbocycles. The van der Waals surface area contributed by atoms with Crippen molar-refractivity contribution in [1.29, 1.82) is 0 Å². The smallest absolute Gasteiger partial charge is 0.327 e. The number of nitrogens with one attached hydrogen (secondary N) is 3. The van der Waals surface area contributed by atoms with Gasteiger partial charge in [0.2, 0.25) is 5.75 Å². The second-order valence-electron chi connectivity index (χ2n) is 8.69. The number of hydrogen-bond acceptors (Lipinski definition) is 7. The summed E-state index contributed by atoms with van der Waals surface area (Å²) in [4.78, 5) is 43.4. The highest BCUT2D eigenvalue weighted by molar-refractivity contribution is 6.01. The quantitative estimate of drug-likeness (QED) is 0.499. The van der Waals surface area contributed by atoms with E-state index in [0.717, 1.165) is 5.56 Å². The van der Waals surface area contributed by atoms with Crippen LogP contribution in [0.3, 0.4) is 0 Å². The molecule has 1 aliphatic carbocycles. The molecule has 1 aromatic heterocycles. The number of ether oxygens (including phenoxy) is 3. The van der Waals surface area contributed by atoms with Crippen molar-refractivity contribution >= 4 is 11.6 Å². The van der Waals surface area contributed by atoms with Crippen LogP contribution in [0.15, 0.2) is 57.3 Å². The van der Waals surface area contributed by atoms with Gasteiger partial charge in [-0.05, 0) is 47.7 Å². The lowest BCUT2D eigenvalue weighted by molar-refractivity contribution is -0.116. The molecule has 0 spiro atoms. The first kappa shape index (κ1) is 23.4. The number of aromatic nitrogens is 2. The number of ketones is 1. The zero-order valence-electron chi connectivity index (χ0n) is 19.9. The van der Waals surface area contributed by atoms with E-state index in [4.69, 9.17) is 14.2 Å². The topological polar surface area (TPSA) is 123 Å². The molecule has 2 atom stereocenters. The molecule has 0 amide bonds. The van der Waals surface area contributed by atoms with Crippen molar-refractivity contribution in [2.45, 2.75) is 24.7 Å². The van der Waals surface area contributed by atoms with E-state index in [2.05, 4.69) is 15.3 Å². The van der Waals surface area contributed by atoms with E-state index in [9.17, 15) is 18.8 Å². The monoisotopic (exact) mass is 493 g/mol. The third kappa shape index (κ3) is 3.84. The van der Waals surface area contributed by atoms with Crippen molar-refractivity contribution in [2.24, 2.45) is 0 Å². The largest absolute Gasteiger partial charge is 0.493 e. The number of hydrogen-bond donors (Lipinski definition) is 3. The Morgan fingerprint density at radius 2 is 1.53 bits per heavy atom. The normalized spacial score (nSPS) is 18.7. The Morgan fingerprint density at radius 1 is 0.861 bits per heavy atom. The van der Waals surface area contributed by atoms with Gasteiger partial charge in [0.05, 0.1) is 26.9 Å². The zero-order valence-corrected chi connectivity index (χ0v) is 19.9. The lowest BCUT2D eigenvalue weighted by atomic mass is 9.72. The third-order valence-corrected chi connectivity index (χ3v) is 6.70. The summed E-state index contributed by atoms with van der Waals surface area (Å²) < 4.78 is 30.0. The summed E-state index contributed by atoms with van der Waals surface area (Å²) in [6, 6.07) is 9.27.